The Morgan fingerprint density at radius 3 is 2.57 bits per heavy atom. The molecule has 0 saturated carbocycles. The van der Waals surface area contributed by atoms with Gasteiger partial charge >= 0.3 is 5.97 Å². The highest BCUT2D eigenvalue weighted by Gasteiger charge is 2.14. The van der Waals surface area contributed by atoms with Gasteiger partial charge in [-0.05, 0) is 31.2 Å². The topological polar surface area (TPSA) is 72.2 Å². The second-order valence-corrected chi connectivity index (χ2v) is 6.01. The number of nitrogens with zero attached hydrogens (tertiary/aromatic N) is 2. The van der Waals surface area contributed by atoms with E-state index in [0.717, 1.165) is 17.3 Å². The minimum absolute atomic E-state index is 0.156. The molecule has 0 aliphatic rings. The number of thioether (sulfide) groups is 1. The van der Waals surface area contributed by atoms with Crippen LogP contribution in [0.25, 0.3) is 16.6 Å². The highest BCUT2D eigenvalue weighted by Crippen LogP contribution is 2.21. The lowest BCUT2D eigenvalue weighted by atomic mass is 10.2. The van der Waals surface area contributed by atoms with Crippen LogP contribution in [0.1, 0.15) is 5.56 Å². The summed E-state index contributed by atoms with van der Waals surface area (Å²) in [6, 6.07) is 14.5. The molecule has 0 saturated heterocycles. The zero-order chi connectivity index (χ0) is 16.4. The standard InChI is InChI=1S/C17H14N2O3S/c1-11-6-8-12(9-7-11)19-16(22)13-4-2-3-5-14(13)18-17(19)23-10-15(20)21/h2-9H,10H2,1H3,(H,20,21). The Labute approximate surface area is 136 Å². The van der Waals surface area contributed by atoms with Crippen molar-refractivity contribution in [2.45, 2.75) is 12.1 Å². The lowest BCUT2D eigenvalue weighted by Crippen LogP contribution is -2.22. The molecule has 0 amide bonds. The molecule has 0 atom stereocenters. The molecular weight excluding hydrogens is 312 g/mol. The van der Waals surface area contributed by atoms with Crippen LogP contribution in [0.5, 0.6) is 0 Å². The zero-order valence-corrected chi connectivity index (χ0v) is 13.2. The van der Waals surface area contributed by atoms with Crippen molar-refractivity contribution in [3.05, 3.63) is 64.4 Å². The van der Waals surface area contributed by atoms with Crippen molar-refractivity contribution in [3.63, 3.8) is 0 Å². The van der Waals surface area contributed by atoms with Crippen LogP contribution in [0.3, 0.4) is 0 Å². The summed E-state index contributed by atoms with van der Waals surface area (Å²) in [5, 5.41) is 9.80. The first-order valence-electron chi connectivity index (χ1n) is 6.99. The molecule has 0 bridgehead atoms. The molecule has 3 aromatic rings. The molecule has 1 aromatic heterocycles. The molecule has 0 aliphatic carbocycles. The summed E-state index contributed by atoms with van der Waals surface area (Å²) in [6.07, 6.45) is 0. The maximum absolute atomic E-state index is 12.8. The second-order valence-electron chi connectivity index (χ2n) is 5.07. The summed E-state index contributed by atoms with van der Waals surface area (Å²) in [5.41, 5.74) is 2.11. The largest absolute Gasteiger partial charge is 0.481 e. The van der Waals surface area contributed by atoms with Crippen LogP contribution in [-0.2, 0) is 4.79 Å². The van der Waals surface area contributed by atoms with Gasteiger partial charge in [0.1, 0.15) is 0 Å². The van der Waals surface area contributed by atoms with E-state index in [-0.39, 0.29) is 11.3 Å². The van der Waals surface area contributed by atoms with E-state index in [0.29, 0.717) is 21.7 Å². The van der Waals surface area contributed by atoms with Gasteiger partial charge in [0.05, 0.1) is 22.3 Å². The number of fused-ring (bicyclic) bond motifs is 1. The van der Waals surface area contributed by atoms with Gasteiger partial charge in [0, 0.05) is 0 Å². The number of hydrogen-bond donors (Lipinski definition) is 1. The van der Waals surface area contributed by atoms with Crippen molar-refractivity contribution in [1.82, 2.24) is 9.55 Å². The molecule has 5 nitrogen and oxygen atoms in total. The number of hydrogen-bond acceptors (Lipinski definition) is 4. The highest BCUT2D eigenvalue weighted by atomic mass is 32.2. The van der Waals surface area contributed by atoms with Crippen LogP contribution in [-0.4, -0.2) is 26.4 Å². The van der Waals surface area contributed by atoms with Gasteiger partial charge in [0.2, 0.25) is 0 Å². The van der Waals surface area contributed by atoms with Gasteiger partial charge in [0.25, 0.3) is 5.56 Å². The summed E-state index contributed by atoms with van der Waals surface area (Å²) in [6.45, 7) is 1.96. The molecular formula is C17H14N2O3S. The Morgan fingerprint density at radius 1 is 1.17 bits per heavy atom. The van der Waals surface area contributed by atoms with Crippen LogP contribution < -0.4 is 5.56 Å². The zero-order valence-electron chi connectivity index (χ0n) is 12.4. The van der Waals surface area contributed by atoms with E-state index in [1.807, 2.05) is 31.2 Å². The summed E-state index contributed by atoms with van der Waals surface area (Å²) < 4.78 is 1.47. The van der Waals surface area contributed by atoms with E-state index in [9.17, 15) is 9.59 Å². The lowest BCUT2D eigenvalue weighted by molar-refractivity contribution is -0.133. The number of aliphatic carboxylic acids is 1. The Morgan fingerprint density at radius 2 is 1.87 bits per heavy atom. The van der Waals surface area contributed by atoms with Crippen molar-refractivity contribution in [2.24, 2.45) is 0 Å². The van der Waals surface area contributed by atoms with Crippen LogP contribution in [0.4, 0.5) is 0 Å². The molecule has 0 unspecified atom stereocenters. The molecule has 1 N–H and O–H groups in total. The number of rotatable bonds is 4. The Kier molecular flexibility index (Phi) is 4.16. The van der Waals surface area contributed by atoms with Crippen molar-refractivity contribution in [1.29, 1.82) is 0 Å². The van der Waals surface area contributed by atoms with Crippen molar-refractivity contribution in [2.75, 3.05) is 5.75 Å². The second kappa shape index (κ2) is 6.26. The molecule has 0 aliphatic heterocycles. The minimum atomic E-state index is -0.951. The van der Waals surface area contributed by atoms with E-state index in [2.05, 4.69) is 4.98 Å². The first kappa shape index (κ1) is 15.3. The molecule has 23 heavy (non-hydrogen) atoms. The molecule has 0 fully saturated rings. The fraction of sp³-hybridized carbons (Fsp3) is 0.118. The van der Waals surface area contributed by atoms with Crippen molar-refractivity contribution < 1.29 is 9.90 Å². The van der Waals surface area contributed by atoms with E-state index < -0.39 is 5.97 Å². The lowest BCUT2D eigenvalue weighted by Gasteiger charge is -2.12. The summed E-state index contributed by atoms with van der Waals surface area (Å²) in [7, 11) is 0. The van der Waals surface area contributed by atoms with Gasteiger partial charge in [-0.3, -0.25) is 14.2 Å². The summed E-state index contributed by atoms with van der Waals surface area (Å²) in [4.78, 5) is 28.2. The monoisotopic (exact) mass is 326 g/mol. The number of benzene rings is 2. The van der Waals surface area contributed by atoms with Gasteiger partial charge < -0.3 is 5.11 Å². The third-order valence-electron chi connectivity index (χ3n) is 3.36. The number of carboxylic acid groups (broad SMARTS) is 1. The third kappa shape index (κ3) is 3.12. The van der Waals surface area contributed by atoms with Gasteiger partial charge in [-0.25, -0.2) is 4.98 Å². The van der Waals surface area contributed by atoms with Gasteiger partial charge in [-0.1, -0.05) is 41.6 Å². The minimum Gasteiger partial charge on any atom is -0.481 e. The van der Waals surface area contributed by atoms with E-state index in [1.165, 1.54) is 4.57 Å². The SMILES string of the molecule is Cc1ccc(-n2c(SCC(=O)O)nc3ccccc3c2=O)cc1. The maximum Gasteiger partial charge on any atom is 0.313 e. The Balaban J connectivity index is 2.25. The Bertz CT molecular complexity index is 933. The highest BCUT2D eigenvalue weighted by molar-refractivity contribution is 7.99. The smallest absolute Gasteiger partial charge is 0.313 e. The van der Waals surface area contributed by atoms with Gasteiger partial charge in [-0.15, -0.1) is 0 Å². The number of carbonyl (C=O) groups is 1. The molecule has 2 aromatic carbocycles. The predicted octanol–water partition coefficient (Wildman–Crippen LogP) is 2.87. The number of para-hydroxylation sites is 1. The molecule has 6 heteroatoms. The fourth-order valence-electron chi connectivity index (χ4n) is 2.26. The quantitative estimate of drug-likeness (QED) is 0.589. The fourth-order valence-corrected chi connectivity index (χ4v) is 2.99. The van der Waals surface area contributed by atoms with Crippen LogP contribution in [0.15, 0.2) is 58.5 Å². The average Bonchev–Trinajstić information content (AvgIpc) is 2.54. The Hall–Kier alpha value is -2.60. The normalized spacial score (nSPS) is 10.8. The van der Waals surface area contributed by atoms with Gasteiger partial charge in [0.15, 0.2) is 5.16 Å². The van der Waals surface area contributed by atoms with Crippen molar-refractivity contribution >= 4 is 28.6 Å². The predicted molar refractivity (Wildman–Crippen MR) is 90.4 cm³/mol. The maximum atomic E-state index is 12.8. The van der Waals surface area contributed by atoms with Gasteiger partial charge in [-0.2, -0.15) is 0 Å². The van der Waals surface area contributed by atoms with Crippen molar-refractivity contribution in [3.8, 4) is 5.69 Å². The summed E-state index contributed by atoms with van der Waals surface area (Å²) in [5.74, 6) is -1.11. The summed E-state index contributed by atoms with van der Waals surface area (Å²) >= 11 is 1.04. The molecule has 0 spiro atoms. The third-order valence-corrected chi connectivity index (χ3v) is 4.29. The first-order valence-corrected chi connectivity index (χ1v) is 7.98. The number of aryl methyl sites for hydroxylation is 1. The molecule has 0 radical (unpaired) electrons. The average molecular weight is 326 g/mol. The molecule has 1 heterocycles. The van der Waals surface area contributed by atoms with Crippen LogP contribution in [0, 0.1) is 6.92 Å². The van der Waals surface area contributed by atoms with Crippen LogP contribution in [0.2, 0.25) is 0 Å². The first-order chi connectivity index (χ1) is 11.1. The number of aromatic nitrogens is 2. The van der Waals surface area contributed by atoms with E-state index in [4.69, 9.17) is 5.11 Å². The number of carboxylic acids is 1. The van der Waals surface area contributed by atoms with E-state index >= 15 is 0 Å². The van der Waals surface area contributed by atoms with E-state index in [1.54, 1.807) is 24.3 Å². The molecule has 3 rings (SSSR count). The van der Waals surface area contributed by atoms with Crippen LogP contribution >= 0.6 is 11.8 Å². The molecule has 116 valence electrons.